The molecule has 0 unspecified atom stereocenters. The topological polar surface area (TPSA) is 53.6 Å². The van der Waals surface area contributed by atoms with Gasteiger partial charge in [0.25, 0.3) is 0 Å². The van der Waals surface area contributed by atoms with E-state index in [1.807, 2.05) is 18.2 Å². The van der Waals surface area contributed by atoms with Crippen LogP contribution in [0.25, 0.3) is 0 Å². The lowest BCUT2D eigenvalue weighted by molar-refractivity contribution is 0.210. The molecule has 0 aliphatic carbocycles. The van der Waals surface area contributed by atoms with Gasteiger partial charge in [-0.15, -0.1) is 0 Å². The van der Waals surface area contributed by atoms with Gasteiger partial charge in [0.15, 0.2) is 0 Å². The van der Waals surface area contributed by atoms with Gasteiger partial charge in [-0.05, 0) is 56.9 Å². The van der Waals surface area contributed by atoms with Crippen molar-refractivity contribution in [2.45, 2.75) is 38.1 Å². The van der Waals surface area contributed by atoms with Crippen molar-refractivity contribution in [2.75, 3.05) is 32.8 Å². The van der Waals surface area contributed by atoms with E-state index in [0.29, 0.717) is 6.61 Å². The minimum Gasteiger partial charge on any atom is -0.491 e. The highest BCUT2D eigenvalue weighted by Gasteiger charge is 2.20. The van der Waals surface area contributed by atoms with Crippen LogP contribution >= 0.6 is 0 Å². The van der Waals surface area contributed by atoms with E-state index in [0.717, 1.165) is 37.2 Å². The van der Waals surface area contributed by atoms with E-state index in [4.69, 9.17) is 4.74 Å². The van der Waals surface area contributed by atoms with Gasteiger partial charge < -0.3 is 20.3 Å². The average molecular weight is 317 g/mol. The lowest BCUT2D eigenvalue weighted by Crippen LogP contribution is -2.47. The van der Waals surface area contributed by atoms with Crippen LogP contribution in [0.3, 0.4) is 0 Å². The number of urea groups is 1. The van der Waals surface area contributed by atoms with E-state index in [-0.39, 0.29) is 12.1 Å². The van der Waals surface area contributed by atoms with Gasteiger partial charge in [0.2, 0.25) is 0 Å². The minimum absolute atomic E-state index is 0.0481. The third kappa shape index (κ3) is 4.86. The first-order chi connectivity index (χ1) is 11.3. The molecule has 2 heterocycles. The molecule has 3 rings (SSSR count). The van der Waals surface area contributed by atoms with Crippen molar-refractivity contribution in [1.29, 1.82) is 0 Å². The summed E-state index contributed by atoms with van der Waals surface area (Å²) in [5.41, 5.74) is 1.16. The van der Waals surface area contributed by atoms with Crippen LogP contribution < -0.4 is 15.4 Å². The van der Waals surface area contributed by atoms with Crippen LogP contribution in [0.15, 0.2) is 24.3 Å². The van der Waals surface area contributed by atoms with Crippen LogP contribution in [-0.2, 0) is 6.42 Å². The summed E-state index contributed by atoms with van der Waals surface area (Å²) in [5.74, 6) is 0.937. The maximum absolute atomic E-state index is 12.0. The first kappa shape index (κ1) is 16.1. The van der Waals surface area contributed by atoms with Gasteiger partial charge in [-0.1, -0.05) is 24.6 Å². The zero-order valence-corrected chi connectivity index (χ0v) is 13.7. The summed E-state index contributed by atoms with van der Waals surface area (Å²) < 4.78 is 5.69. The summed E-state index contributed by atoms with van der Waals surface area (Å²) in [7, 11) is 0. The number of nitrogens with zero attached hydrogens (tertiary/aromatic N) is 1. The highest BCUT2D eigenvalue weighted by molar-refractivity contribution is 5.74. The van der Waals surface area contributed by atoms with E-state index in [1.165, 1.54) is 32.4 Å². The van der Waals surface area contributed by atoms with Gasteiger partial charge >= 0.3 is 6.03 Å². The Morgan fingerprint density at radius 3 is 2.91 bits per heavy atom. The van der Waals surface area contributed by atoms with Gasteiger partial charge in [0, 0.05) is 6.54 Å². The zero-order chi connectivity index (χ0) is 15.9. The van der Waals surface area contributed by atoms with Crippen LogP contribution in [-0.4, -0.2) is 49.8 Å². The Morgan fingerprint density at radius 2 is 2.04 bits per heavy atom. The third-order valence-electron chi connectivity index (χ3n) is 4.60. The predicted molar refractivity (Wildman–Crippen MR) is 90.9 cm³/mol. The Labute approximate surface area is 138 Å². The standard InChI is InChI=1S/C18H27N3O2/c22-18(19-9-6-12-21-10-4-1-5-11-21)20-16-13-15-7-2-3-8-17(15)23-14-16/h2-3,7-8,16H,1,4-6,9-14H2,(H2,19,20,22)/t16-/m0/s1. The molecule has 0 saturated carbocycles. The molecule has 2 aliphatic heterocycles. The number of benzene rings is 1. The largest absolute Gasteiger partial charge is 0.491 e. The Kier molecular flexibility index (Phi) is 5.75. The summed E-state index contributed by atoms with van der Waals surface area (Å²) in [6.07, 6.45) is 5.84. The number of para-hydroxylation sites is 1. The van der Waals surface area contributed by atoms with Crippen LogP contribution in [0.4, 0.5) is 4.79 Å². The number of rotatable bonds is 5. The number of fused-ring (bicyclic) bond motifs is 1. The van der Waals surface area contributed by atoms with Gasteiger partial charge in [-0.25, -0.2) is 4.79 Å². The number of likely N-dealkylation sites (tertiary alicyclic amines) is 1. The van der Waals surface area contributed by atoms with Gasteiger partial charge in [-0.3, -0.25) is 0 Å². The van der Waals surface area contributed by atoms with Gasteiger partial charge in [0.1, 0.15) is 12.4 Å². The molecular weight excluding hydrogens is 290 g/mol. The molecule has 0 bridgehead atoms. The number of ether oxygens (including phenoxy) is 1. The Morgan fingerprint density at radius 1 is 1.22 bits per heavy atom. The second kappa shape index (κ2) is 8.20. The lowest BCUT2D eigenvalue weighted by atomic mass is 10.0. The molecule has 126 valence electrons. The molecule has 1 aromatic rings. The molecule has 5 heteroatoms. The summed E-state index contributed by atoms with van der Waals surface area (Å²) in [4.78, 5) is 14.5. The lowest BCUT2D eigenvalue weighted by Gasteiger charge is -2.27. The molecule has 2 N–H and O–H groups in total. The first-order valence-electron chi connectivity index (χ1n) is 8.79. The summed E-state index contributed by atoms with van der Waals surface area (Å²) in [6.45, 7) is 4.78. The van der Waals surface area contributed by atoms with E-state index in [9.17, 15) is 4.79 Å². The van der Waals surface area contributed by atoms with Crippen LogP contribution in [0.5, 0.6) is 5.75 Å². The third-order valence-corrected chi connectivity index (χ3v) is 4.60. The molecule has 1 fully saturated rings. The molecule has 0 aromatic heterocycles. The number of piperidine rings is 1. The molecule has 1 atom stereocenters. The molecule has 23 heavy (non-hydrogen) atoms. The van der Waals surface area contributed by atoms with Crippen LogP contribution in [0, 0.1) is 0 Å². The minimum atomic E-state index is -0.0865. The average Bonchev–Trinajstić information content (AvgIpc) is 2.59. The monoisotopic (exact) mass is 317 g/mol. The van der Waals surface area contributed by atoms with E-state index >= 15 is 0 Å². The number of carbonyl (C=O) groups excluding carboxylic acids is 1. The number of hydrogen-bond acceptors (Lipinski definition) is 3. The van der Waals surface area contributed by atoms with Crippen molar-refractivity contribution in [3.05, 3.63) is 29.8 Å². The molecule has 0 radical (unpaired) electrons. The number of carbonyl (C=O) groups is 1. The predicted octanol–water partition coefficient (Wildman–Crippen LogP) is 2.17. The first-order valence-corrected chi connectivity index (χ1v) is 8.79. The molecule has 2 amide bonds. The van der Waals surface area contributed by atoms with Crippen molar-refractivity contribution in [3.8, 4) is 5.75 Å². The fourth-order valence-electron chi connectivity index (χ4n) is 3.34. The van der Waals surface area contributed by atoms with E-state index in [1.54, 1.807) is 0 Å². The van der Waals surface area contributed by atoms with Crippen LogP contribution in [0.2, 0.25) is 0 Å². The van der Waals surface area contributed by atoms with Gasteiger partial charge in [-0.2, -0.15) is 0 Å². The zero-order valence-electron chi connectivity index (χ0n) is 13.7. The maximum Gasteiger partial charge on any atom is 0.315 e. The van der Waals surface area contributed by atoms with Crippen molar-refractivity contribution in [1.82, 2.24) is 15.5 Å². The fraction of sp³-hybridized carbons (Fsp3) is 0.611. The number of hydrogen-bond donors (Lipinski definition) is 2. The molecule has 1 saturated heterocycles. The second-order valence-electron chi connectivity index (χ2n) is 6.48. The molecular formula is C18H27N3O2. The smallest absolute Gasteiger partial charge is 0.315 e. The Hall–Kier alpha value is -1.75. The summed E-state index contributed by atoms with van der Waals surface area (Å²) >= 11 is 0. The number of nitrogens with one attached hydrogen (secondary N) is 2. The van der Waals surface area contributed by atoms with Crippen molar-refractivity contribution < 1.29 is 9.53 Å². The van der Waals surface area contributed by atoms with Gasteiger partial charge in [0.05, 0.1) is 6.04 Å². The number of amides is 2. The SMILES string of the molecule is O=C(NCCCN1CCCCC1)N[C@@H]1COc2ccccc2C1. The molecule has 2 aliphatic rings. The fourth-order valence-corrected chi connectivity index (χ4v) is 3.34. The Balaban J connectivity index is 1.32. The summed E-state index contributed by atoms with van der Waals surface area (Å²) in [5, 5.41) is 5.97. The molecule has 0 spiro atoms. The maximum atomic E-state index is 12.0. The Bertz CT molecular complexity index is 515. The molecule has 1 aromatic carbocycles. The van der Waals surface area contributed by atoms with E-state index < -0.39 is 0 Å². The quantitative estimate of drug-likeness (QED) is 0.818. The van der Waals surface area contributed by atoms with Crippen molar-refractivity contribution >= 4 is 6.03 Å². The van der Waals surface area contributed by atoms with E-state index in [2.05, 4.69) is 21.6 Å². The van der Waals surface area contributed by atoms with Crippen molar-refractivity contribution in [3.63, 3.8) is 0 Å². The normalized spacial score (nSPS) is 21.1. The highest BCUT2D eigenvalue weighted by atomic mass is 16.5. The second-order valence-corrected chi connectivity index (χ2v) is 6.48. The molecule has 5 nitrogen and oxygen atoms in total. The summed E-state index contributed by atoms with van der Waals surface area (Å²) in [6, 6.07) is 7.97. The highest BCUT2D eigenvalue weighted by Crippen LogP contribution is 2.23. The van der Waals surface area contributed by atoms with Crippen LogP contribution in [0.1, 0.15) is 31.2 Å². The van der Waals surface area contributed by atoms with Crippen molar-refractivity contribution in [2.24, 2.45) is 0 Å².